The molecule has 1 fully saturated rings. The summed E-state index contributed by atoms with van der Waals surface area (Å²) >= 11 is 5.96. The molecule has 0 radical (unpaired) electrons. The summed E-state index contributed by atoms with van der Waals surface area (Å²) in [6.07, 6.45) is 6.10. The number of nitrogens with zero attached hydrogens (tertiary/aromatic N) is 4. The van der Waals surface area contributed by atoms with Crippen molar-refractivity contribution in [3.63, 3.8) is 0 Å². The summed E-state index contributed by atoms with van der Waals surface area (Å²) in [5, 5.41) is 12.1. The minimum Gasteiger partial charge on any atom is -0.357 e. The second-order valence-corrected chi connectivity index (χ2v) is 8.05. The zero-order valence-corrected chi connectivity index (χ0v) is 20.9. The zero-order chi connectivity index (χ0) is 20.6. The zero-order valence-electron chi connectivity index (χ0n) is 17.8. The molecule has 1 aromatic heterocycles. The quantitative estimate of drug-likeness (QED) is 0.238. The van der Waals surface area contributed by atoms with Crippen LogP contribution in [-0.2, 0) is 6.54 Å². The third-order valence-corrected chi connectivity index (χ3v) is 5.17. The van der Waals surface area contributed by atoms with E-state index in [0.29, 0.717) is 12.6 Å². The molecule has 3 rings (SSSR count). The van der Waals surface area contributed by atoms with Crippen LogP contribution in [0.1, 0.15) is 32.3 Å². The van der Waals surface area contributed by atoms with Gasteiger partial charge in [-0.3, -0.25) is 4.90 Å². The van der Waals surface area contributed by atoms with Crippen molar-refractivity contribution in [3.05, 3.63) is 59.4 Å². The lowest BCUT2D eigenvalue weighted by Crippen LogP contribution is -2.48. The first-order valence-corrected chi connectivity index (χ1v) is 10.6. The molecule has 0 aliphatic carbocycles. The molecule has 0 atom stereocenters. The van der Waals surface area contributed by atoms with Crippen LogP contribution in [0.25, 0.3) is 5.69 Å². The lowest BCUT2D eigenvalue weighted by atomic mass is 10.0. The van der Waals surface area contributed by atoms with E-state index in [-0.39, 0.29) is 24.0 Å². The fraction of sp³-hybridized carbons (Fsp3) is 0.455. The van der Waals surface area contributed by atoms with Gasteiger partial charge in [0.15, 0.2) is 5.96 Å². The van der Waals surface area contributed by atoms with E-state index in [4.69, 9.17) is 16.6 Å². The van der Waals surface area contributed by atoms with Gasteiger partial charge in [0.2, 0.25) is 0 Å². The minimum atomic E-state index is 0. The topological polar surface area (TPSA) is 57.5 Å². The van der Waals surface area contributed by atoms with Gasteiger partial charge in [0.1, 0.15) is 0 Å². The van der Waals surface area contributed by atoms with Crippen molar-refractivity contribution in [2.45, 2.75) is 39.3 Å². The van der Waals surface area contributed by atoms with Gasteiger partial charge in [-0.15, -0.1) is 24.0 Å². The van der Waals surface area contributed by atoms with Gasteiger partial charge in [0.25, 0.3) is 0 Å². The fourth-order valence-electron chi connectivity index (χ4n) is 3.48. The smallest absolute Gasteiger partial charge is 0.191 e. The summed E-state index contributed by atoms with van der Waals surface area (Å²) < 4.78 is 1.85. The maximum Gasteiger partial charge on any atom is 0.191 e. The number of guanidine groups is 1. The molecule has 0 spiro atoms. The Balaban J connectivity index is 0.00000320. The molecule has 30 heavy (non-hydrogen) atoms. The number of rotatable bonds is 7. The molecule has 1 aromatic carbocycles. The number of piperidine rings is 1. The first kappa shape index (κ1) is 24.7. The average molecular weight is 543 g/mol. The molecule has 1 saturated heterocycles. The van der Waals surface area contributed by atoms with Crippen LogP contribution in [0, 0.1) is 0 Å². The van der Waals surface area contributed by atoms with E-state index in [1.54, 1.807) is 0 Å². The average Bonchev–Trinajstić information content (AvgIpc) is 3.17. The largest absolute Gasteiger partial charge is 0.357 e. The third-order valence-electron chi connectivity index (χ3n) is 4.91. The van der Waals surface area contributed by atoms with Crippen LogP contribution in [0.3, 0.4) is 0 Å². The van der Waals surface area contributed by atoms with Crippen molar-refractivity contribution < 1.29 is 0 Å². The predicted molar refractivity (Wildman–Crippen MR) is 136 cm³/mol. The Labute approximate surface area is 201 Å². The molecule has 0 bridgehead atoms. The second-order valence-electron chi connectivity index (χ2n) is 7.62. The van der Waals surface area contributed by atoms with Gasteiger partial charge < -0.3 is 10.6 Å². The van der Waals surface area contributed by atoms with Crippen LogP contribution in [0.4, 0.5) is 0 Å². The molecule has 0 amide bonds. The van der Waals surface area contributed by atoms with Crippen LogP contribution in [-0.4, -0.2) is 52.9 Å². The van der Waals surface area contributed by atoms with Crippen LogP contribution in [0.2, 0.25) is 5.02 Å². The molecule has 2 heterocycles. The molecule has 1 aliphatic heterocycles. The van der Waals surface area contributed by atoms with E-state index in [0.717, 1.165) is 61.3 Å². The lowest BCUT2D eigenvalue weighted by Gasteiger charge is -2.33. The summed E-state index contributed by atoms with van der Waals surface area (Å²) in [5.74, 6) is 0.866. The van der Waals surface area contributed by atoms with Gasteiger partial charge in [-0.2, -0.15) is 5.10 Å². The maximum atomic E-state index is 5.96. The number of aliphatic imine (C=N–C) groups is 1. The Morgan fingerprint density at radius 1 is 1.27 bits per heavy atom. The summed E-state index contributed by atoms with van der Waals surface area (Å²) in [7, 11) is 0. The highest BCUT2D eigenvalue weighted by atomic mass is 127. The van der Waals surface area contributed by atoms with E-state index >= 15 is 0 Å². The van der Waals surface area contributed by atoms with Crippen molar-refractivity contribution in [3.8, 4) is 5.69 Å². The van der Waals surface area contributed by atoms with E-state index in [1.807, 2.05) is 41.3 Å². The molecule has 8 heteroatoms. The van der Waals surface area contributed by atoms with Crippen LogP contribution >= 0.6 is 35.6 Å². The molecule has 0 saturated carbocycles. The Bertz CT molecular complexity index is 824. The Morgan fingerprint density at radius 2 is 1.97 bits per heavy atom. The third kappa shape index (κ3) is 7.59. The van der Waals surface area contributed by atoms with Crippen LogP contribution in [0.5, 0.6) is 0 Å². The maximum absolute atomic E-state index is 5.96. The van der Waals surface area contributed by atoms with E-state index in [9.17, 15) is 0 Å². The van der Waals surface area contributed by atoms with Gasteiger partial charge in [-0.05, 0) is 51.0 Å². The highest BCUT2D eigenvalue weighted by Crippen LogP contribution is 2.14. The number of hydrogen-bond donors (Lipinski definition) is 2. The molecule has 0 unspecified atom stereocenters. The summed E-state index contributed by atoms with van der Waals surface area (Å²) in [4.78, 5) is 7.23. The molecule has 2 N–H and O–H groups in total. The second kappa shape index (κ2) is 12.3. The summed E-state index contributed by atoms with van der Waals surface area (Å²) in [5.41, 5.74) is 3.27. The van der Waals surface area contributed by atoms with E-state index in [1.165, 1.54) is 5.57 Å². The standard InChI is InChI=1S/C22H31ClN6.HI/c1-4-24-22(27-20-9-11-28(12-10-20)15-17(2)3)25-13-18-14-26-29(16-18)21-7-5-19(23)6-8-21;/h5-8,14,16,20H,2,4,9-13,15H2,1,3H3,(H2,24,25,27);1H. The van der Waals surface area contributed by atoms with Crippen LogP contribution < -0.4 is 10.6 Å². The normalized spacial score (nSPS) is 15.5. The van der Waals surface area contributed by atoms with Gasteiger partial charge in [0.05, 0.1) is 18.4 Å². The summed E-state index contributed by atoms with van der Waals surface area (Å²) in [6.45, 7) is 12.8. The van der Waals surface area contributed by atoms with Gasteiger partial charge in [-0.1, -0.05) is 23.8 Å². The van der Waals surface area contributed by atoms with Gasteiger partial charge in [0, 0.05) is 49.0 Å². The number of nitrogens with one attached hydrogen (secondary N) is 2. The van der Waals surface area contributed by atoms with E-state index in [2.05, 4.69) is 41.1 Å². The molecular formula is C22H32ClIN6. The predicted octanol–water partition coefficient (Wildman–Crippen LogP) is 4.24. The Hall–Kier alpha value is -1.58. The Morgan fingerprint density at radius 3 is 2.60 bits per heavy atom. The number of likely N-dealkylation sites (tertiary alicyclic amines) is 1. The number of aromatic nitrogens is 2. The van der Waals surface area contributed by atoms with Crippen molar-refractivity contribution in [1.29, 1.82) is 0 Å². The van der Waals surface area contributed by atoms with Crippen molar-refractivity contribution in [2.75, 3.05) is 26.2 Å². The highest BCUT2D eigenvalue weighted by molar-refractivity contribution is 14.0. The fourth-order valence-corrected chi connectivity index (χ4v) is 3.60. The van der Waals surface area contributed by atoms with E-state index < -0.39 is 0 Å². The van der Waals surface area contributed by atoms with Gasteiger partial charge in [-0.25, -0.2) is 9.67 Å². The van der Waals surface area contributed by atoms with Crippen molar-refractivity contribution in [2.24, 2.45) is 4.99 Å². The van der Waals surface area contributed by atoms with Crippen molar-refractivity contribution in [1.82, 2.24) is 25.3 Å². The SMILES string of the molecule is C=C(C)CN1CCC(NC(=NCc2cnn(-c3ccc(Cl)cc3)c2)NCC)CC1.I. The first-order valence-electron chi connectivity index (χ1n) is 10.2. The number of hydrogen-bond acceptors (Lipinski definition) is 3. The monoisotopic (exact) mass is 542 g/mol. The molecule has 1 aliphatic rings. The molecule has 6 nitrogen and oxygen atoms in total. The number of benzene rings is 1. The summed E-state index contributed by atoms with van der Waals surface area (Å²) in [6, 6.07) is 8.09. The van der Waals surface area contributed by atoms with Crippen molar-refractivity contribution >= 4 is 41.5 Å². The first-order chi connectivity index (χ1) is 14.0. The molecule has 2 aromatic rings. The highest BCUT2D eigenvalue weighted by Gasteiger charge is 2.19. The Kier molecular flexibility index (Phi) is 10.1. The minimum absolute atomic E-state index is 0. The van der Waals surface area contributed by atoms with Gasteiger partial charge >= 0.3 is 0 Å². The molecule has 164 valence electrons. The van der Waals surface area contributed by atoms with Crippen LogP contribution in [0.15, 0.2) is 53.8 Å². The number of halogens is 2. The molecular weight excluding hydrogens is 511 g/mol. The lowest BCUT2D eigenvalue weighted by molar-refractivity contribution is 0.221.